The summed E-state index contributed by atoms with van der Waals surface area (Å²) in [6, 6.07) is 9.28. The molecular weight excluding hydrogens is 196 g/mol. The number of hydrogen-bond donors (Lipinski definition) is 2. The largest absolute Gasteiger partial charge is 0.315 e. The normalized spacial score (nSPS) is 12.7. The van der Waals surface area contributed by atoms with E-state index in [2.05, 4.69) is 55.7 Å². The van der Waals surface area contributed by atoms with Gasteiger partial charge in [-0.15, -0.1) is 0 Å². The van der Waals surface area contributed by atoms with Gasteiger partial charge in [-0.05, 0) is 38.9 Å². The first-order valence-electron chi connectivity index (χ1n) is 6.22. The van der Waals surface area contributed by atoms with E-state index in [9.17, 15) is 0 Å². The van der Waals surface area contributed by atoms with Crippen LogP contribution in [-0.2, 0) is 6.42 Å². The Morgan fingerprint density at radius 3 is 2.81 bits per heavy atom. The summed E-state index contributed by atoms with van der Waals surface area (Å²) in [5, 5.41) is 6.87. The maximum atomic E-state index is 3.52. The molecule has 1 aromatic rings. The lowest BCUT2D eigenvalue weighted by molar-refractivity contribution is 0.512. The molecule has 0 saturated carbocycles. The fourth-order valence-corrected chi connectivity index (χ4v) is 1.76. The molecule has 1 rings (SSSR count). The molecule has 2 nitrogen and oxygen atoms in total. The monoisotopic (exact) mass is 220 g/mol. The Morgan fingerprint density at radius 1 is 1.31 bits per heavy atom. The molecule has 16 heavy (non-hydrogen) atoms. The van der Waals surface area contributed by atoms with Gasteiger partial charge in [0.25, 0.3) is 0 Å². The maximum absolute atomic E-state index is 3.52. The van der Waals surface area contributed by atoms with Gasteiger partial charge >= 0.3 is 0 Å². The number of likely N-dealkylation sites (N-methyl/N-ethyl adjacent to an activating group) is 1. The molecule has 0 aromatic heterocycles. The van der Waals surface area contributed by atoms with Crippen LogP contribution in [0.25, 0.3) is 0 Å². The first kappa shape index (κ1) is 13.2. The molecule has 1 aromatic carbocycles. The van der Waals surface area contributed by atoms with Crippen molar-refractivity contribution >= 4 is 0 Å². The summed E-state index contributed by atoms with van der Waals surface area (Å²) in [5.74, 6) is 0. The van der Waals surface area contributed by atoms with Gasteiger partial charge in [0, 0.05) is 12.6 Å². The van der Waals surface area contributed by atoms with Gasteiger partial charge in [0.05, 0.1) is 0 Å². The van der Waals surface area contributed by atoms with Crippen LogP contribution < -0.4 is 10.6 Å². The molecule has 0 spiro atoms. The van der Waals surface area contributed by atoms with Gasteiger partial charge in [-0.1, -0.05) is 36.8 Å². The Labute approximate surface area is 99.5 Å². The van der Waals surface area contributed by atoms with Gasteiger partial charge in [0.1, 0.15) is 0 Å². The van der Waals surface area contributed by atoms with Crippen molar-refractivity contribution in [3.8, 4) is 0 Å². The Bertz CT molecular complexity index is 297. The minimum absolute atomic E-state index is 0.546. The lowest BCUT2D eigenvalue weighted by Crippen LogP contribution is -2.37. The summed E-state index contributed by atoms with van der Waals surface area (Å²) in [6.45, 7) is 9.65. The first-order chi connectivity index (χ1) is 7.72. The third-order valence-corrected chi connectivity index (χ3v) is 2.69. The summed E-state index contributed by atoms with van der Waals surface area (Å²) in [7, 11) is 0. The summed E-state index contributed by atoms with van der Waals surface area (Å²) in [4.78, 5) is 0. The molecule has 0 bridgehead atoms. The van der Waals surface area contributed by atoms with Gasteiger partial charge in [-0.25, -0.2) is 0 Å². The minimum Gasteiger partial charge on any atom is -0.315 e. The smallest absolute Gasteiger partial charge is 0.0164 e. The molecule has 0 aliphatic heterocycles. The standard InChI is InChI=1S/C14H24N2/c1-4-15-11-13(3)16-9-8-14-7-5-6-12(2)10-14/h5-7,10,13,15-16H,4,8-9,11H2,1-3H3. The van der Waals surface area contributed by atoms with Crippen molar-refractivity contribution in [1.82, 2.24) is 10.6 Å². The van der Waals surface area contributed by atoms with Crippen LogP contribution in [0.15, 0.2) is 24.3 Å². The fraction of sp³-hybridized carbons (Fsp3) is 0.571. The van der Waals surface area contributed by atoms with Gasteiger partial charge < -0.3 is 10.6 Å². The van der Waals surface area contributed by atoms with Crippen LogP contribution in [0, 0.1) is 6.92 Å². The summed E-state index contributed by atoms with van der Waals surface area (Å²) >= 11 is 0. The van der Waals surface area contributed by atoms with Crippen molar-refractivity contribution < 1.29 is 0 Å². The first-order valence-corrected chi connectivity index (χ1v) is 6.22. The van der Waals surface area contributed by atoms with E-state index in [0.717, 1.165) is 26.1 Å². The Morgan fingerprint density at radius 2 is 2.12 bits per heavy atom. The highest BCUT2D eigenvalue weighted by atomic mass is 15.0. The fourth-order valence-electron chi connectivity index (χ4n) is 1.76. The summed E-state index contributed by atoms with van der Waals surface area (Å²) in [6.07, 6.45) is 1.11. The van der Waals surface area contributed by atoms with E-state index >= 15 is 0 Å². The van der Waals surface area contributed by atoms with Crippen molar-refractivity contribution in [2.75, 3.05) is 19.6 Å². The van der Waals surface area contributed by atoms with E-state index in [4.69, 9.17) is 0 Å². The number of benzene rings is 1. The zero-order chi connectivity index (χ0) is 11.8. The van der Waals surface area contributed by atoms with Crippen LogP contribution in [0.2, 0.25) is 0 Å². The predicted molar refractivity (Wildman–Crippen MR) is 70.9 cm³/mol. The van der Waals surface area contributed by atoms with Crippen molar-refractivity contribution in [2.24, 2.45) is 0 Å². The molecule has 0 aliphatic rings. The Kier molecular flexibility index (Phi) is 6.12. The van der Waals surface area contributed by atoms with Gasteiger partial charge in [-0.3, -0.25) is 0 Å². The van der Waals surface area contributed by atoms with E-state index in [0.29, 0.717) is 6.04 Å². The molecule has 1 atom stereocenters. The topological polar surface area (TPSA) is 24.1 Å². The molecule has 0 heterocycles. The van der Waals surface area contributed by atoms with E-state index in [-0.39, 0.29) is 0 Å². The number of aryl methyl sites for hydroxylation is 1. The average Bonchev–Trinajstić information content (AvgIpc) is 2.26. The second kappa shape index (κ2) is 7.42. The Hall–Kier alpha value is -0.860. The maximum Gasteiger partial charge on any atom is 0.0164 e. The highest BCUT2D eigenvalue weighted by Gasteiger charge is 1.99. The second-order valence-corrected chi connectivity index (χ2v) is 4.40. The van der Waals surface area contributed by atoms with Crippen LogP contribution in [0.4, 0.5) is 0 Å². The molecule has 0 amide bonds. The van der Waals surface area contributed by atoms with E-state index in [1.165, 1.54) is 11.1 Å². The third-order valence-electron chi connectivity index (χ3n) is 2.69. The average molecular weight is 220 g/mol. The molecule has 0 aliphatic carbocycles. The van der Waals surface area contributed by atoms with Crippen LogP contribution in [-0.4, -0.2) is 25.7 Å². The number of rotatable bonds is 7. The molecule has 0 saturated heterocycles. The van der Waals surface area contributed by atoms with E-state index in [1.54, 1.807) is 0 Å². The zero-order valence-corrected chi connectivity index (χ0v) is 10.7. The van der Waals surface area contributed by atoms with Crippen LogP contribution >= 0.6 is 0 Å². The molecule has 2 N–H and O–H groups in total. The highest BCUT2D eigenvalue weighted by Crippen LogP contribution is 2.03. The van der Waals surface area contributed by atoms with Crippen LogP contribution in [0.1, 0.15) is 25.0 Å². The van der Waals surface area contributed by atoms with Crippen molar-refractivity contribution in [1.29, 1.82) is 0 Å². The molecule has 0 radical (unpaired) electrons. The molecule has 90 valence electrons. The van der Waals surface area contributed by atoms with Gasteiger partial charge in [0.2, 0.25) is 0 Å². The molecule has 1 unspecified atom stereocenters. The van der Waals surface area contributed by atoms with Crippen LogP contribution in [0.3, 0.4) is 0 Å². The minimum atomic E-state index is 0.546. The zero-order valence-electron chi connectivity index (χ0n) is 10.7. The third kappa shape index (κ3) is 5.29. The summed E-state index contributed by atoms with van der Waals surface area (Å²) < 4.78 is 0. The Balaban J connectivity index is 2.20. The lowest BCUT2D eigenvalue weighted by Gasteiger charge is -2.14. The number of hydrogen-bond acceptors (Lipinski definition) is 2. The van der Waals surface area contributed by atoms with Crippen molar-refractivity contribution in [2.45, 2.75) is 33.2 Å². The SMILES string of the molecule is CCNCC(C)NCCc1cccc(C)c1. The van der Waals surface area contributed by atoms with E-state index < -0.39 is 0 Å². The van der Waals surface area contributed by atoms with Gasteiger partial charge in [0.15, 0.2) is 0 Å². The van der Waals surface area contributed by atoms with Crippen molar-refractivity contribution in [3.05, 3.63) is 35.4 Å². The van der Waals surface area contributed by atoms with Crippen LogP contribution in [0.5, 0.6) is 0 Å². The molecular formula is C14H24N2. The second-order valence-electron chi connectivity index (χ2n) is 4.40. The molecule has 2 heteroatoms. The summed E-state index contributed by atoms with van der Waals surface area (Å²) in [5.41, 5.74) is 2.77. The van der Waals surface area contributed by atoms with Gasteiger partial charge in [-0.2, -0.15) is 0 Å². The lowest BCUT2D eigenvalue weighted by atomic mass is 10.1. The number of nitrogens with one attached hydrogen (secondary N) is 2. The van der Waals surface area contributed by atoms with Crippen molar-refractivity contribution in [3.63, 3.8) is 0 Å². The predicted octanol–water partition coefficient (Wildman–Crippen LogP) is 2.13. The molecule has 0 fully saturated rings. The van der Waals surface area contributed by atoms with E-state index in [1.807, 2.05) is 0 Å². The quantitative estimate of drug-likeness (QED) is 0.735. The highest BCUT2D eigenvalue weighted by molar-refractivity contribution is 5.22.